The zero-order valence-electron chi connectivity index (χ0n) is 9.98. The molecule has 0 aliphatic heterocycles. The zero-order valence-corrected chi connectivity index (χ0v) is 9.98. The van der Waals surface area contributed by atoms with Gasteiger partial charge >= 0.3 is 0 Å². The van der Waals surface area contributed by atoms with E-state index in [0.717, 1.165) is 6.54 Å². The number of hydrogen-bond acceptors (Lipinski definition) is 2. The molecular formula is C11H26N2. The van der Waals surface area contributed by atoms with Crippen LogP contribution in [0.15, 0.2) is 0 Å². The van der Waals surface area contributed by atoms with Crippen LogP contribution in [0.2, 0.25) is 0 Å². The molecule has 0 aliphatic carbocycles. The molecule has 0 unspecified atom stereocenters. The molecule has 0 spiro atoms. The molecule has 0 bridgehead atoms. The Hall–Kier alpha value is -0.0800. The van der Waals surface area contributed by atoms with Gasteiger partial charge in [0.15, 0.2) is 0 Å². The summed E-state index contributed by atoms with van der Waals surface area (Å²) in [6.07, 6.45) is 2.53. The summed E-state index contributed by atoms with van der Waals surface area (Å²) in [5.74, 6) is 0. The molecule has 80 valence electrons. The van der Waals surface area contributed by atoms with E-state index in [1.54, 1.807) is 0 Å². The summed E-state index contributed by atoms with van der Waals surface area (Å²) < 4.78 is 0. The summed E-state index contributed by atoms with van der Waals surface area (Å²) in [4.78, 5) is 2.42. The van der Waals surface area contributed by atoms with Gasteiger partial charge in [-0.3, -0.25) is 0 Å². The van der Waals surface area contributed by atoms with Crippen molar-refractivity contribution in [3.8, 4) is 0 Å². The van der Waals surface area contributed by atoms with E-state index in [1.807, 2.05) is 7.05 Å². The van der Waals surface area contributed by atoms with Crippen LogP contribution in [0.1, 0.15) is 33.6 Å². The largest absolute Gasteiger partial charge is 0.320 e. The third-order valence-electron chi connectivity index (χ3n) is 2.21. The molecule has 0 heterocycles. The fourth-order valence-corrected chi connectivity index (χ4v) is 1.16. The Bertz CT molecular complexity index is 116. The first-order valence-corrected chi connectivity index (χ1v) is 5.29. The second-order valence-corrected chi connectivity index (χ2v) is 5.07. The Morgan fingerprint density at radius 2 is 1.77 bits per heavy atom. The molecular weight excluding hydrogens is 160 g/mol. The van der Waals surface area contributed by atoms with E-state index >= 15 is 0 Å². The zero-order chi connectivity index (χ0) is 10.3. The van der Waals surface area contributed by atoms with Crippen molar-refractivity contribution in [2.45, 2.75) is 33.6 Å². The SMILES string of the molecule is CNCCCN(C)CCC(C)(C)C. The fourth-order valence-electron chi connectivity index (χ4n) is 1.16. The summed E-state index contributed by atoms with van der Waals surface area (Å²) in [5.41, 5.74) is 0.470. The quantitative estimate of drug-likeness (QED) is 0.638. The van der Waals surface area contributed by atoms with Gasteiger partial charge in [0.1, 0.15) is 0 Å². The average Bonchev–Trinajstić information content (AvgIpc) is 2.00. The molecule has 13 heavy (non-hydrogen) atoms. The van der Waals surface area contributed by atoms with E-state index < -0.39 is 0 Å². The first kappa shape index (κ1) is 12.9. The molecule has 0 rings (SSSR count). The summed E-state index contributed by atoms with van der Waals surface area (Å²) in [7, 11) is 4.22. The molecule has 0 aromatic carbocycles. The van der Waals surface area contributed by atoms with Gasteiger partial charge in [0.25, 0.3) is 0 Å². The first-order chi connectivity index (χ1) is 5.95. The van der Waals surface area contributed by atoms with Crippen LogP contribution in [-0.4, -0.2) is 38.6 Å². The van der Waals surface area contributed by atoms with Crippen molar-refractivity contribution in [2.75, 3.05) is 33.7 Å². The number of rotatable bonds is 6. The van der Waals surface area contributed by atoms with Crippen LogP contribution in [0.25, 0.3) is 0 Å². The summed E-state index contributed by atoms with van der Waals surface area (Å²) >= 11 is 0. The summed E-state index contributed by atoms with van der Waals surface area (Å²) in [5, 5.41) is 3.17. The maximum absolute atomic E-state index is 3.17. The van der Waals surface area contributed by atoms with E-state index in [1.165, 1.54) is 25.9 Å². The van der Waals surface area contributed by atoms with Crippen molar-refractivity contribution in [1.29, 1.82) is 0 Å². The smallest absolute Gasteiger partial charge is 0.000969 e. The van der Waals surface area contributed by atoms with Gasteiger partial charge in [-0.1, -0.05) is 20.8 Å². The van der Waals surface area contributed by atoms with Gasteiger partial charge in [-0.2, -0.15) is 0 Å². The van der Waals surface area contributed by atoms with Gasteiger partial charge in [0.2, 0.25) is 0 Å². The van der Waals surface area contributed by atoms with Crippen LogP contribution in [-0.2, 0) is 0 Å². The van der Waals surface area contributed by atoms with Gasteiger partial charge in [0.05, 0.1) is 0 Å². The maximum atomic E-state index is 3.17. The summed E-state index contributed by atoms with van der Waals surface area (Å²) in [6.45, 7) is 10.4. The lowest BCUT2D eigenvalue weighted by Crippen LogP contribution is -2.26. The van der Waals surface area contributed by atoms with Crippen molar-refractivity contribution in [1.82, 2.24) is 10.2 Å². The predicted octanol–water partition coefficient (Wildman–Crippen LogP) is 1.96. The highest BCUT2D eigenvalue weighted by Crippen LogP contribution is 2.18. The fraction of sp³-hybridized carbons (Fsp3) is 1.00. The van der Waals surface area contributed by atoms with Gasteiger partial charge in [-0.25, -0.2) is 0 Å². The van der Waals surface area contributed by atoms with Crippen molar-refractivity contribution in [2.24, 2.45) is 5.41 Å². The molecule has 2 nitrogen and oxygen atoms in total. The molecule has 0 aromatic heterocycles. The highest BCUT2D eigenvalue weighted by atomic mass is 15.1. The Balaban J connectivity index is 3.35. The van der Waals surface area contributed by atoms with Crippen LogP contribution < -0.4 is 5.32 Å². The van der Waals surface area contributed by atoms with E-state index in [4.69, 9.17) is 0 Å². The summed E-state index contributed by atoms with van der Waals surface area (Å²) in [6, 6.07) is 0. The van der Waals surface area contributed by atoms with Gasteiger partial charge in [-0.15, -0.1) is 0 Å². The standard InChI is InChI=1S/C11H26N2/c1-11(2,3)7-10-13(5)9-6-8-12-4/h12H,6-10H2,1-5H3. The predicted molar refractivity (Wildman–Crippen MR) is 60.1 cm³/mol. The minimum absolute atomic E-state index is 0.470. The van der Waals surface area contributed by atoms with E-state index in [0.29, 0.717) is 5.41 Å². The van der Waals surface area contributed by atoms with Crippen molar-refractivity contribution < 1.29 is 0 Å². The minimum atomic E-state index is 0.470. The monoisotopic (exact) mass is 186 g/mol. The van der Waals surface area contributed by atoms with Gasteiger partial charge in [-0.05, 0) is 52.0 Å². The lowest BCUT2D eigenvalue weighted by Gasteiger charge is -2.23. The van der Waals surface area contributed by atoms with Crippen LogP contribution >= 0.6 is 0 Å². The van der Waals surface area contributed by atoms with Crippen molar-refractivity contribution in [3.63, 3.8) is 0 Å². The molecule has 0 saturated carbocycles. The van der Waals surface area contributed by atoms with Crippen LogP contribution in [0.3, 0.4) is 0 Å². The number of nitrogens with zero attached hydrogens (tertiary/aromatic N) is 1. The molecule has 0 radical (unpaired) electrons. The third-order valence-corrected chi connectivity index (χ3v) is 2.21. The van der Waals surface area contributed by atoms with Crippen molar-refractivity contribution in [3.05, 3.63) is 0 Å². The molecule has 0 aliphatic rings. The Morgan fingerprint density at radius 3 is 2.23 bits per heavy atom. The molecule has 0 atom stereocenters. The van der Waals surface area contributed by atoms with Crippen LogP contribution in [0.5, 0.6) is 0 Å². The normalized spacial score (nSPS) is 12.5. The molecule has 1 N–H and O–H groups in total. The third kappa shape index (κ3) is 9.84. The van der Waals surface area contributed by atoms with E-state index in [-0.39, 0.29) is 0 Å². The van der Waals surface area contributed by atoms with Gasteiger partial charge in [0, 0.05) is 0 Å². The lowest BCUT2D eigenvalue weighted by atomic mass is 9.92. The topological polar surface area (TPSA) is 15.3 Å². The average molecular weight is 186 g/mol. The maximum Gasteiger partial charge on any atom is -0.000969 e. The highest BCUT2D eigenvalue weighted by molar-refractivity contribution is 4.64. The van der Waals surface area contributed by atoms with E-state index in [9.17, 15) is 0 Å². The molecule has 0 saturated heterocycles. The second-order valence-electron chi connectivity index (χ2n) is 5.07. The first-order valence-electron chi connectivity index (χ1n) is 5.29. The Kier molecular flexibility index (Phi) is 6.35. The molecule has 0 fully saturated rings. The molecule has 2 heteroatoms. The van der Waals surface area contributed by atoms with E-state index in [2.05, 4.69) is 38.0 Å². The highest BCUT2D eigenvalue weighted by Gasteiger charge is 2.10. The van der Waals surface area contributed by atoms with Crippen LogP contribution in [0.4, 0.5) is 0 Å². The molecule has 0 amide bonds. The Labute approximate surface area is 83.7 Å². The lowest BCUT2D eigenvalue weighted by molar-refractivity contribution is 0.262. The number of hydrogen-bond donors (Lipinski definition) is 1. The van der Waals surface area contributed by atoms with Crippen molar-refractivity contribution >= 4 is 0 Å². The molecule has 0 aromatic rings. The van der Waals surface area contributed by atoms with Crippen LogP contribution in [0, 0.1) is 5.41 Å². The number of nitrogens with one attached hydrogen (secondary N) is 1. The van der Waals surface area contributed by atoms with Gasteiger partial charge < -0.3 is 10.2 Å². The second kappa shape index (κ2) is 6.39. The minimum Gasteiger partial charge on any atom is -0.320 e. The Morgan fingerprint density at radius 1 is 1.15 bits per heavy atom.